The van der Waals surface area contributed by atoms with Crippen molar-refractivity contribution in [2.75, 3.05) is 41.9 Å². The molecule has 8 nitrogen and oxygen atoms in total. The summed E-state index contributed by atoms with van der Waals surface area (Å²) in [6.07, 6.45) is 2.03. The minimum absolute atomic E-state index is 0.348. The number of morpholine rings is 1. The zero-order chi connectivity index (χ0) is 14.4. The van der Waals surface area contributed by atoms with E-state index in [0.717, 1.165) is 25.9 Å². The molecule has 0 aromatic carbocycles. The number of nitrogen functional groups attached to an aromatic ring is 1. The fourth-order valence-electron chi connectivity index (χ4n) is 2.07. The van der Waals surface area contributed by atoms with E-state index in [-0.39, 0.29) is 0 Å². The van der Waals surface area contributed by atoms with Gasteiger partial charge in [-0.3, -0.25) is 5.43 Å². The van der Waals surface area contributed by atoms with Gasteiger partial charge in [-0.2, -0.15) is 15.0 Å². The highest BCUT2D eigenvalue weighted by Crippen LogP contribution is 2.16. The van der Waals surface area contributed by atoms with Gasteiger partial charge in [0.1, 0.15) is 0 Å². The van der Waals surface area contributed by atoms with Gasteiger partial charge in [0.2, 0.25) is 17.8 Å². The van der Waals surface area contributed by atoms with Gasteiger partial charge in [-0.1, -0.05) is 13.8 Å². The zero-order valence-electron chi connectivity index (χ0n) is 12.1. The number of ether oxygens (including phenoxy) is 1. The first-order valence-corrected chi connectivity index (χ1v) is 7.08. The van der Waals surface area contributed by atoms with Crippen molar-refractivity contribution in [2.45, 2.75) is 32.7 Å². The number of rotatable bonds is 6. The van der Waals surface area contributed by atoms with E-state index in [1.807, 2.05) is 0 Å². The van der Waals surface area contributed by atoms with Crippen LogP contribution >= 0.6 is 0 Å². The molecule has 1 saturated heterocycles. The van der Waals surface area contributed by atoms with Gasteiger partial charge in [-0.15, -0.1) is 0 Å². The molecule has 1 aliphatic rings. The molecule has 2 rings (SSSR count). The third-order valence-electron chi connectivity index (χ3n) is 3.37. The summed E-state index contributed by atoms with van der Waals surface area (Å²) in [6, 6.07) is 0.348. The summed E-state index contributed by atoms with van der Waals surface area (Å²) < 4.78 is 5.34. The Morgan fingerprint density at radius 2 is 1.80 bits per heavy atom. The highest BCUT2D eigenvalue weighted by Gasteiger charge is 2.17. The van der Waals surface area contributed by atoms with Crippen molar-refractivity contribution in [3.05, 3.63) is 0 Å². The van der Waals surface area contributed by atoms with E-state index < -0.39 is 0 Å². The molecule has 0 bridgehead atoms. The minimum atomic E-state index is 0.348. The Kier molecular flexibility index (Phi) is 5.31. The number of nitrogens with two attached hydrogens (primary N) is 1. The van der Waals surface area contributed by atoms with Gasteiger partial charge in [0.05, 0.1) is 13.2 Å². The zero-order valence-corrected chi connectivity index (χ0v) is 12.1. The summed E-state index contributed by atoms with van der Waals surface area (Å²) in [5.74, 6) is 7.00. The lowest BCUT2D eigenvalue weighted by atomic mass is 10.2. The van der Waals surface area contributed by atoms with Gasteiger partial charge in [0.25, 0.3) is 0 Å². The summed E-state index contributed by atoms with van der Waals surface area (Å²) in [5, 5.41) is 3.32. The predicted octanol–water partition coefficient (Wildman–Crippen LogP) is 0.594. The molecule has 0 saturated carbocycles. The molecule has 1 aromatic rings. The first-order valence-electron chi connectivity index (χ1n) is 7.08. The maximum atomic E-state index is 5.44. The number of nitrogens with zero attached hydrogens (tertiary/aromatic N) is 4. The molecule has 8 heteroatoms. The maximum absolute atomic E-state index is 5.44. The van der Waals surface area contributed by atoms with E-state index in [4.69, 9.17) is 10.6 Å². The van der Waals surface area contributed by atoms with E-state index in [1.165, 1.54) is 0 Å². The fourth-order valence-corrected chi connectivity index (χ4v) is 2.07. The second-order valence-corrected chi connectivity index (χ2v) is 4.68. The Morgan fingerprint density at radius 1 is 1.15 bits per heavy atom. The highest BCUT2D eigenvalue weighted by molar-refractivity contribution is 5.43. The van der Waals surface area contributed by atoms with Gasteiger partial charge >= 0.3 is 0 Å². The molecule has 20 heavy (non-hydrogen) atoms. The van der Waals surface area contributed by atoms with E-state index in [0.29, 0.717) is 37.1 Å². The van der Waals surface area contributed by atoms with Crippen LogP contribution in [0.5, 0.6) is 0 Å². The summed E-state index contributed by atoms with van der Waals surface area (Å²) in [7, 11) is 0. The molecular weight excluding hydrogens is 258 g/mol. The quantitative estimate of drug-likeness (QED) is 0.514. The number of hydrogen-bond acceptors (Lipinski definition) is 8. The Bertz CT molecular complexity index is 418. The number of nitrogens with one attached hydrogen (secondary N) is 2. The first kappa shape index (κ1) is 14.7. The lowest BCUT2D eigenvalue weighted by Crippen LogP contribution is -2.38. The van der Waals surface area contributed by atoms with Gasteiger partial charge < -0.3 is 15.0 Å². The van der Waals surface area contributed by atoms with Gasteiger partial charge in [-0.05, 0) is 12.8 Å². The Morgan fingerprint density at radius 3 is 2.40 bits per heavy atom. The molecule has 0 unspecified atom stereocenters. The Labute approximate surface area is 119 Å². The number of aromatic nitrogens is 3. The highest BCUT2D eigenvalue weighted by atomic mass is 16.5. The lowest BCUT2D eigenvalue weighted by molar-refractivity contribution is 0.122. The standard InChI is InChI=1S/C12H23N7O/c1-3-9(4-2)14-10-15-11(18-13)17-12(16-10)19-5-7-20-8-6-19/h9H,3-8,13H2,1-2H3,(H2,14,15,16,17,18). The van der Waals surface area contributed by atoms with E-state index in [9.17, 15) is 0 Å². The minimum Gasteiger partial charge on any atom is -0.378 e. The number of hydrogen-bond donors (Lipinski definition) is 3. The van der Waals surface area contributed by atoms with Gasteiger partial charge in [0, 0.05) is 19.1 Å². The van der Waals surface area contributed by atoms with Crippen molar-refractivity contribution in [1.82, 2.24) is 15.0 Å². The van der Waals surface area contributed by atoms with Crippen LogP contribution in [0.25, 0.3) is 0 Å². The number of anilines is 3. The van der Waals surface area contributed by atoms with Crippen molar-refractivity contribution in [1.29, 1.82) is 0 Å². The third kappa shape index (κ3) is 3.67. The Hall–Kier alpha value is -1.67. The van der Waals surface area contributed by atoms with Crippen LogP contribution in [0.4, 0.5) is 17.8 Å². The van der Waals surface area contributed by atoms with Crippen molar-refractivity contribution in [3.8, 4) is 0 Å². The average Bonchev–Trinajstić information content (AvgIpc) is 2.53. The molecule has 0 amide bonds. The fraction of sp³-hybridized carbons (Fsp3) is 0.750. The average molecular weight is 281 g/mol. The largest absolute Gasteiger partial charge is 0.378 e. The molecule has 0 aliphatic carbocycles. The summed E-state index contributed by atoms with van der Waals surface area (Å²) in [6.45, 7) is 7.19. The summed E-state index contributed by atoms with van der Waals surface area (Å²) >= 11 is 0. The Balaban J connectivity index is 2.18. The molecule has 1 aromatic heterocycles. The smallest absolute Gasteiger partial charge is 0.243 e. The van der Waals surface area contributed by atoms with Crippen molar-refractivity contribution < 1.29 is 4.74 Å². The monoisotopic (exact) mass is 281 g/mol. The molecule has 2 heterocycles. The topological polar surface area (TPSA) is 101 Å². The van der Waals surface area contributed by atoms with Crippen LogP contribution in [0.2, 0.25) is 0 Å². The van der Waals surface area contributed by atoms with Crippen LogP contribution in [-0.2, 0) is 4.74 Å². The molecule has 112 valence electrons. The van der Waals surface area contributed by atoms with Gasteiger partial charge in [-0.25, -0.2) is 5.84 Å². The van der Waals surface area contributed by atoms with Crippen molar-refractivity contribution in [2.24, 2.45) is 5.84 Å². The second kappa shape index (κ2) is 7.20. The van der Waals surface area contributed by atoms with E-state index in [1.54, 1.807) is 0 Å². The van der Waals surface area contributed by atoms with E-state index >= 15 is 0 Å². The molecule has 0 spiro atoms. The van der Waals surface area contributed by atoms with E-state index in [2.05, 4.69) is 44.4 Å². The molecular formula is C12H23N7O. The maximum Gasteiger partial charge on any atom is 0.243 e. The first-order chi connectivity index (χ1) is 9.76. The molecule has 0 atom stereocenters. The van der Waals surface area contributed by atoms with Crippen LogP contribution in [0, 0.1) is 0 Å². The van der Waals surface area contributed by atoms with Crippen molar-refractivity contribution in [3.63, 3.8) is 0 Å². The van der Waals surface area contributed by atoms with Gasteiger partial charge in [0.15, 0.2) is 0 Å². The van der Waals surface area contributed by atoms with Crippen LogP contribution in [0.3, 0.4) is 0 Å². The normalized spacial score (nSPS) is 15.5. The molecule has 0 radical (unpaired) electrons. The second-order valence-electron chi connectivity index (χ2n) is 4.68. The van der Waals surface area contributed by atoms with Crippen LogP contribution in [-0.4, -0.2) is 47.3 Å². The molecule has 4 N–H and O–H groups in total. The summed E-state index contributed by atoms with van der Waals surface area (Å²) in [4.78, 5) is 15.1. The number of hydrazine groups is 1. The van der Waals surface area contributed by atoms with Crippen LogP contribution in [0.1, 0.15) is 26.7 Å². The predicted molar refractivity (Wildman–Crippen MR) is 78.7 cm³/mol. The SMILES string of the molecule is CCC(CC)Nc1nc(NN)nc(N2CCOCC2)n1. The lowest BCUT2D eigenvalue weighted by Gasteiger charge is -2.27. The van der Waals surface area contributed by atoms with Crippen LogP contribution in [0.15, 0.2) is 0 Å². The molecule has 1 fully saturated rings. The van der Waals surface area contributed by atoms with Crippen LogP contribution < -0.4 is 21.5 Å². The third-order valence-corrected chi connectivity index (χ3v) is 3.37. The van der Waals surface area contributed by atoms with Crippen molar-refractivity contribution >= 4 is 17.8 Å². The summed E-state index contributed by atoms with van der Waals surface area (Å²) in [5.41, 5.74) is 2.50. The molecule has 1 aliphatic heterocycles.